The van der Waals surface area contributed by atoms with E-state index in [4.69, 9.17) is 4.74 Å². The van der Waals surface area contributed by atoms with Crippen molar-refractivity contribution in [1.82, 2.24) is 10.0 Å². The average Bonchev–Trinajstić information content (AvgIpc) is 3.03. The summed E-state index contributed by atoms with van der Waals surface area (Å²) in [5, 5.41) is 14.4. The molecular formula is C15H21N3O5S. The number of ether oxygens (including phenoxy) is 1. The van der Waals surface area contributed by atoms with Gasteiger partial charge in [-0.05, 0) is 44.3 Å². The first-order chi connectivity index (χ1) is 11.5. The maximum Gasteiger partial charge on any atom is 0.289 e. The summed E-state index contributed by atoms with van der Waals surface area (Å²) in [5.74, 6) is 0.298. The van der Waals surface area contributed by atoms with Crippen molar-refractivity contribution in [2.24, 2.45) is 5.92 Å². The van der Waals surface area contributed by atoms with E-state index in [1.807, 2.05) is 0 Å². The Hall–Kier alpha value is -1.55. The van der Waals surface area contributed by atoms with Crippen molar-refractivity contribution in [3.63, 3.8) is 0 Å². The monoisotopic (exact) mass is 355 g/mol. The second-order valence-electron chi connectivity index (χ2n) is 6.16. The molecule has 2 fully saturated rings. The van der Waals surface area contributed by atoms with Crippen molar-refractivity contribution >= 4 is 15.7 Å². The number of nitrogens with one attached hydrogen (secondary N) is 2. The Bertz CT molecular complexity index is 703. The van der Waals surface area contributed by atoms with Crippen LogP contribution in [-0.2, 0) is 14.8 Å². The predicted octanol–water partition coefficient (Wildman–Crippen LogP) is 1.03. The number of benzene rings is 1. The normalized spacial score (nSPS) is 25.7. The lowest BCUT2D eigenvalue weighted by molar-refractivity contribution is -0.387. The number of sulfonamides is 1. The van der Waals surface area contributed by atoms with Gasteiger partial charge in [-0.2, -0.15) is 0 Å². The lowest BCUT2D eigenvalue weighted by atomic mass is 9.88. The van der Waals surface area contributed by atoms with Crippen LogP contribution in [0.5, 0.6) is 0 Å². The van der Waals surface area contributed by atoms with Crippen LogP contribution < -0.4 is 10.0 Å². The van der Waals surface area contributed by atoms with Gasteiger partial charge in [-0.3, -0.25) is 10.1 Å². The number of hydrogen-bond acceptors (Lipinski definition) is 6. The molecule has 9 heteroatoms. The summed E-state index contributed by atoms with van der Waals surface area (Å²) >= 11 is 0. The van der Waals surface area contributed by atoms with E-state index in [1.165, 1.54) is 24.3 Å². The van der Waals surface area contributed by atoms with E-state index in [2.05, 4.69) is 10.0 Å². The van der Waals surface area contributed by atoms with E-state index >= 15 is 0 Å². The molecule has 3 rings (SSSR count). The first-order valence-corrected chi connectivity index (χ1v) is 9.55. The third kappa shape index (κ3) is 3.59. The summed E-state index contributed by atoms with van der Waals surface area (Å²) in [7, 11) is -3.98. The van der Waals surface area contributed by atoms with Crippen molar-refractivity contribution in [1.29, 1.82) is 0 Å². The van der Waals surface area contributed by atoms with Gasteiger partial charge in [0.15, 0.2) is 4.90 Å². The van der Waals surface area contributed by atoms with E-state index in [0.29, 0.717) is 18.9 Å². The van der Waals surface area contributed by atoms with E-state index in [1.54, 1.807) is 0 Å². The van der Waals surface area contributed by atoms with E-state index < -0.39 is 20.6 Å². The molecular weight excluding hydrogens is 334 g/mol. The van der Waals surface area contributed by atoms with Crippen LogP contribution in [0.15, 0.2) is 29.2 Å². The van der Waals surface area contributed by atoms with Crippen molar-refractivity contribution in [2.75, 3.05) is 19.7 Å². The second kappa shape index (κ2) is 7.14. The minimum absolute atomic E-state index is 0.176. The van der Waals surface area contributed by atoms with E-state index in [-0.39, 0.29) is 17.0 Å². The highest BCUT2D eigenvalue weighted by molar-refractivity contribution is 7.89. The van der Waals surface area contributed by atoms with Crippen LogP contribution in [0.3, 0.4) is 0 Å². The molecule has 2 atom stereocenters. The Morgan fingerprint density at radius 3 is 2.62 bits per heavy atom. The molecule has 2 aliphatic heterocycles. The standard InChI is InChI=1S/C15H21N3O5S/c19-18(20)13-3-1-2-4-14(13)24(21,22)17-12-7-10-23-15(12)11-5-8-16-9-6-11/h1-4,11-12,15-17H,5-10H2/t12-,15+/m1/s1. The van der Waals surface area contributed by atoms with Crippen LogP contribution >= 0.6 is 0 Å². The zero-order valence-corrected chi connectivity index (χ0v) is 14.0. The molecule has 2 N–H and O–H groups in total. The Labute approximate surface area is 140 Å². The molecule has 0 aliphatic carbocycles. The van der Waals surface area contributed by atoms with Crippen molar-refractivity contribution < 1.29 is 18.1 Å². The molecule has 0 saturated carbocycles. The molecule has 0 amide bonds. The highest BCUT2D eigenvalue weighted by Gasteiger charge is 2.39. The molecule has 8 nitrogen and oxygen atoms in total. The van der Waals surface area contributed by atoms with Gasteiger partial charge in [-0.25, -0.2) is 13.1 Å². The molecule has 132 valence electrons. The Balaban J connectivity index is 1.80. The van der Waals surface area contributed by atoms with Crippen LogP contribution in [0.4, 0.5) is 5.69 Å². The molecule has 24 heavy (non-hydrogen) atoms. The zero-order chi connectivity index (χ0) is 17.2. The van der Waals surface area contributed by atoms with E-state index in [9.17, 15) is 18.5 Å². The third-order valence-electron chi connectivity index (χ3n) is 4.64. The van der Waals surface area contributed by atoms with Crippen LogP contribution in [0, 0.1) is 16.0 Å². The number of nitro groups is 1. The molecule has 0 spiro atoms. The van der Waals surface area contributed by atoms with Gasteiger partial charge in [0.05, 0.1) is 17.1 Å². The highest BCUT2D eigenvalue weighted by Crippen LogP contribution is 2.29. The minimum Gasteiger partial charge on any atom is -0.376 e. The number of nitrogens with zero attached hydrogens (tertiary/aromatic N) is 1. The minimum atomic E-state index is -3.98. The first kappa shape index (κ1) is 17.3. The highest BCUT2D eigenvalue weighted by atomic mass is 32.2. The lowest BCUT2D eigenvalue weighted by Gasteiger charge is -2.31. The molecule has 0 bridgehead atoms. The Morgan fingerprint density at radius 2 is 1.92 bits per heavy atom. The van der Waals surface area contributed by atoms with Crippen molar-refractivity contribution in [3.05, 3.63) is 34.4 Å². The average molecular weight is 355 g/mol. The molecule has 1 aromatic rings. The Kier molecular flexibility index (Phi) is 5.14. The smallest absolute Gasteiger partial charge is 0.289 e. The van der Waals surface area contributed by atoms with Gasteiger partial charge in [0, 0.05) is 12.7 Å². The topological polar surface area (TPSA) is 111 Å². The summed E-state index contributed by atoms with van der Waals surface area (Å²) in [6, 6.07) is 5.04. The largest absolute Gasteiger partial charge is 0.376 e. The predicted molar refractivity (Wildman–Crippen MR) is 87.2 cm³/mol. The van der Waals surface area contributed by atoms with Gasteiger partial charge in [-0.1, -0.05) is 12.1 Å². The van der Waals surface area contributed by atoms with Crippen LogP contribution in [0.25, 0.3) is 0 Å². The molecule has 2 heterocycles. The fourth-order valence-corrected chi connectivity index (χ4v) is 4.93. The molecule has 0 aromatic heterocycles. The number of piperidine rings is 1. The van der Waals surface area contributed by atoms with Crippen molar-refractivity contribution in [3.8, 4) is 0 Å². The van der Waals surface area contributed by atoms with E-state index in [0.717, 1.165) is 25.9 Å². The molecule has 2 saturated heterocycles. The fourth-order valence-electron chi connectivity index (χ4n) is 3.47. The van der Waals surface area contributed by atoms with Gasteiger partial charge >= 0.3 is 0 Å². The maximum absolute atomic E-state index is 12.7. The SMILES string of the molecule is O=[N+]([O-])c1ccccc1S(=O)(=O)N[C@@H]1CCO[C@H]1C1CCNCC1. The lowest BCUT2D eigenvalue weighted by Crippen LogP contribution is -2.46. The third-order valence-corrected chi connectivity index (χ3v) is 6.18. The summed E-state index contributed by atoms with van der Waals surface area (Å²) in [4.78, 5) is 10.1. The summed E-state index contributed by atoms with van der Waals surface area (Å²) in [5.41, 5.74) is -0.415. The second-order valence-corrected chi connectivity index (χ2v) is 7.85. The van der Waals surface area contributed by atoms with Gasteiger partial charge in [-0.15, -0.1) is 0 Å². The summed E-state index contributed by atoms with van der Waals surface area (Å²) in [6.45, 7) is 2.29. The summed E-state index contributed by atoms with van der Waals surface area (Å²) in [6.07, 6.45) is 2.28. The number of para-hydroxylation sites is 1. The number of rotatable bonds is 5. The maximum atomic E-state index is 12.7. The van der Waals surface area contributed by atoms with Gasteiger partial charge < -0.3 is 10.1 Å². The number of hydrogen-bond donors (Lipinski definition) is 2. The summed E-state index contributed by atoms with van der Waals surface area (Å²) < 4.78 is 33.7. The van der Waals surface area contributed by atoms with Crippen LogP contribution in [-0.4, -0.2) is 45.2 Å². The fraction of sp³-hybridized carbons (Fsp3) is 0.600. The number of nitro benzene ring substituents is 1. The van der Waals surface area contributed by atoms with Gasteiger partial charge in [0.25, 0.3) is 5.69 Å². The van der Waals surface area contributed by atoms with Crippen molar-refractivity contribution in [2.45, 2.75) is 36.3 Å². The molecule has 2 aliphatic rings. The van der Waals surface area contributed by atoms with Gasteiger partial charge in [0.2, 0.25) is 10.0 Å². The molecule has 0 radical (unpaired) electrons. The zero-order valence-electron chi connectivity index (χ0n) is 13.2. The molecule has 0 unspecified atom stereocenters. The van der Waals surface area contributed by atoms with Gasteiger partial charge in [0.1, 0.15) is 0 Å². The van der Waals surface area contributed by atoms with Crippen LogP contribution in [0.2, 0.25) is 0 Å². The van der Waals surface area contributed by atoms with Crippen LogP contribution in [0.1, 0.15) is 19.3 Å². The Morgan fingerprint density at radius 1 is 1.21 bits per heavy atom. The quantitative estimate of drug-likeness (QED) is 0.603. The molecule has 1 aromatic carbocycles. The first-order valence-electron chi connectivity index (χ1n) is 8.07.